The van der Waals surface area contributed by atoms with Crippen LogP contribution in [-0.4, -0.2) is 16.5 Å². The molecule has 0 bridgehead atoms. The van der Waals surface area contributed by atoms with Crippen molar-refractivity contribution in [2.45, 2.75) is 6.92 Å². The van der Waals surface area contributed by atoms with Gasteiger partial charge in [0.1, 0.15) is 5.69 Å². The zero-order valence-electron chi connectivity index (χ0n) is 6.97. The Morgan fingerprint density at radius 1 is 1.54 bits per heavy atom. The van der Waals surface area contributed by atoms with Gasteiger partial charge in [-0.1, -0.05) is 17.7 Å². The molecule has 2 aromatic rings. The lowest BCUT2D eigenvalue weighted by molar-refractivity contribution is 0.112. The van der Waals surface area contributed by atoms with Crippen LogP contribution in [0.5, 0.6) is 0 Å². The fourth-order valence-electron chi connectivity index (χ4n) is 1.33. The van der Waals surface area contributed by atoms with Crippen LogP contribution in [0.2, 0.25) is 5.02 Å². The van der Waals surface area contributed by atoms with Crippen LogP contribution in [-0.2, 0) is 0 Å². The fraction of sp³-hybridized carbons (Fsp3) is 0.111. The monoisotopic (exact) mass is 194 g/mol. The maximum Gasteiger partial charge on any atom is 0.168 e. The van der Waals surface area contributed by atoms with Crippen LogP contribution in [0, 0.1) is 6.92 Å². The first kappa shape index (κ1) is 8.26. The lowest BCUT2D eigenvalue weighted by atomic mass is 10.1. The number of hydrogen-bond acceptors (Lipinski definition) is 2. The molecule has 2 rings (SSSR count). The van der Waals surface area contributed by atoms with Gasteiger partial charge in [-0.2, -0.15) is 5.10 Å². The molecule has 0 saturated carbocycles. The van der Waals surface area contributed by atoms with E-state index in [0.29, 0.717) is 16.1 Å². The highest BCUT2D eigenvalue weighted by Gasteiger charge is 2.09. The minimum atomic E-state index is 0.434. The van der Waals surface area contributed by atoms with Crippen LogP contribution in [0.15, 0.2) is 12.1 Å². The Balaban J connectivity index is 2.95. The summed E-state index contributed by atoms with van der Waals surface area (Å²) in [6.45, 7) is 1.92. The molecule has 66 valence electrons. The summed E-state index contributed by atoms with van der Waals surface area (Å²) in [6.07, 6.45) is 0.723. The number of carbonyl (C=O) groups is 1. The zero-order valence-corrected chi connectivity index (χ0v) is 7.72. The van der Waals surface area contributed by atoms with Crippen LogP contribution in [0.3, 0.4) is 0 Å². The highest BCUT2D eigenvalue weighted by atomic mass is 35.5. The van der Waals surface area contributed by atoms with Crippen LogP contribution in [0.4, 0.5) is 0 Å². The van der Waals surface area contributed by atoms with E-state index in [-0.39, 0.29) is 0 Å². The van der Waals surface area contributed by atoms with E-state index in [1.54, 1.807) is 6.07 Å². The smallest absolute Gasteiger partial charge is 0.168 e. The van der Waals surface area contributed by atoms with Gasteiger partial charge in [0.05, 0.1) is 10.5 Å². The van der Waals surface area contributed by atoms with E-state index in [9.17, 15) is 4.79 Å². The number of rotatable bonds is 1. The number of hydrogen-bond donors (Lipinski definition) is 1. The van der Waals surface area contributed by atoms with Crippen molar-refractivity contribution >= 4 is 28.8 Å². The first-order valence-corrected chi connectivity index (χ1v) is 4.20. The third-order valence-corrected chi connectivity index (χ3v) is 2.32. The van der Waals surface area contributed by atoms with Gasteiger partial charge in [-0.25, -0.2) is 0 Å². The molecule has 1 aromatic carbocycles. The van der Waals surface area contributed by atoms with Gasteiger partial charge in [0.25, 0.3) is 0 Å². The summed E-state index contributed by atoms with van der Waals surface area (Å²) in [6, 6.07) is 3.64. The molecule has 13 heavy (non-hydrogen) atoms. The summed E-state index contributed by atoms with van der Waals surface area (Å²) < 4.78 is 0. The number of nitrogens with zero attached hydrogens (tertiary/aromatic N) is 1. The lowest BCUT2D eigenvalue weighted by Crippen LogP contribution is -1.80. The van der Waals surface area contributed by atoms with Crippen LogP contribution in [0.25, 0.3) is 10.9 Å². The summed E-state index contributed by atoms with van der Waals surface area (Å²) in [5, 5.41) is 7.91. The molecule has 0 saturated heterocycles. The van der Waals surface area contributed by atoms with Crippen molar-refractivity contribution < 1.29 is 4.79 Å². The van der Waals surface area contributed by atoms with E-state index >= 15 is 0 Å². The molecule has 0 amide bonds. The topological polar surface area (TPSA) is 45.8 Å². The van der Waals surface area contributed by atoms with Crippen molar-refractivity contribution in [1.29, 1.82) is 0 Å². The Bertz CT molecular complexity index is 476. The second-order valence-electron chi connectivity index (χ2n) is 2.84. The molecule has 1 heterocycles. The van der Waals surface area contributed by atoms with Crippen molar-refractivity contribution in [2.24, 2.45) is 0 Å². The molecule has 0 aliphatic rings. The largest absolute Gasteiger partial charge is 0.296 e. The predicted octanol–water partition coefficient (Wildman–Crippen LogP) is 2.34. The van der Waals surface area contributed by atoms with E-state index in [1.165, 1.54) is 0 Å². The van der Waals surface area contributed by atoms with Gasteiger partial charge in [0.2, 0.25) is 0 Å². The van der Waals surface area contributed by atoms with E-state index in [4.69, 9.17) is 11.6 Å². The van der Waals surface area contributed by atoms with Gasteiger partial charge in [-0.05, 0) is 18.6 Å². The molecule has 0 fully saturated rings. The van der Waals surface area contributed by atoms with Crippen molar-refractivity contribution in [3.05, 3.63) is 28.4 Å². The summed E-state index contributed by atoms with van der Waals surface area (Å²) in [5.41, 5.74) is 2.20. The summed E-state index contributed by atoms with van der Waals surface area (Å²) in [4.78, 5) is 10.6. The molecule has 0 aliphatic heterocycles. The van der Waals surface area contributed by atoms with E-state index in [0.717, 1.165) is 17.4 Å². The maximum atomic E-state index is 10.6. The van der Waals surface area contributed by atoms with E-state index in [2.05, 4.69) is 10.2 Å². The zero-order chi connectivity index (χ0) is 9.42. The molecule has 0 radical (unpaired) electrons. The number of aldehydes is 1. The fourth-order valence-corrected chi connectivity index (χ4v) is 1.58. The highest BCUT2D eigenvalue weighted by molar-refractivity contribution is 6.36. The second kappa shape index (κ2) is 2.85. The number of nitrogens with one attached hydrogen (secondary N) is 1. The van der Waals surface area contributed by atoms with Crippen molar-refractivity contribution in [2.75, 3.05) is 0 Å². The Labute approximate surface area is 79.7 Å². The van der Waals surface area contributed by atoms with Crippen LogP contribution >= 0.6 is 11.6 Å². The number of fused-ring (bicyclic) bond motifs is 1. The minimum absolute atomic E-state index is 0.434. The standard InChI is InChI=1S/C9H7ClN2O/c1-5-2-3-6(10)8-7(4-13)11-12-9(5)8/h2-4H,1H3,(H,11,12). The SMILES string of the molecule is Cc1ccc(Cl)c2c(C=O)[nH]nc12. The van der Waals surface area contributed by atoms with E-state index < -0.39 is 0 Å². The van der Waals surface area contributed by atoms with Crippen LogP contribution < -0.4 is 0 Å². The molecule has 1 N–H and O–H groups in total. The summed E-state index contributed by atoms with van der Waals surface area (Å²) >= 11 is 5.94. The number of H-pyrrole nitrogens is 1. The Kier molecular flexibility index (Phi) is 1.81. The first-order valence-electron chi connectivity index (χ1n) is 3.82. The highest BCUT2D eigenvalue weighted by Crippen LogP contribution is 2.26. The molecule has 4 heteroatoms. The first-order chi connectivity index (χ1) is 6.24. The van der Waals surface area contributed by atoms with E-state index in [1.807, 2.05) is 13.0 Å². The molecule has 0 atom stereocenters. The van der Waals surface area contributed by atoms with Gasteiger partial charge in [0, 0.05) is 5.39 Å². The predicted molar refractivity (Wildman–Crippen MR) is 51.2 cm³/mol. The average molecular weight is 195 g/mol. The minimum Gasteiger partial charge on any atom is -0.296 e. The summed E-state index contributed by atoms with van der Waals surface area (Å²) in [7, 11) is 0. The van der Waals surface area contributed by atoms with Gasteiger partial charge >= 0.3 is 0 Å². The third-order valence-electron chi connectivity index (χ3n) is 2.00. The Morgan fingerprint density at radius 2 is 2.31 bits per heavy atom. The third kappa shape index (κ3) is 1.12. The number of aromatic amines is 1. The molecular weight excluding hydrogens is 188 g/mol. The Morgan fingerprint density at radius 3 is 3.00 bits per heavy atom. The number of carbonyl (C=O) groups excluding carboxylic acids is 1. The number of aromatic nitrogens is 2. The van der Waals surface area contributed by atoms with Gasteiger partial charge in [-0.3, -0.25) is 9.89 Å². The lowest BCUT2D eigenvalue weighted by Gasteiger charge is -1.96. The second-order valence-corrected chi connectivity index (χ2v) is 3.25. The molecule has 0 unspecified atom stereocenters. The van der Waals surface area contributed by atoms with Crippen molar-refractivity contribution in [3.8, 4) is 0 Å². The number of benzene rings is 1. The van der Waals surface area contributed by atoms with Crippen molar-refractivity contribution in [1.82, 2.24) is 10.2 Å². The number of halogens is 1. The maximum absolute atomic E-state index is 10.6. The molecule has 1 aromatic heterocycles. The van der Waals surface area contributed by atoms with Gasteiger partial charge in [0.15, 0.2) is 6.29 Å². The van der Waals surface area contributed by atoms with Gasteiger partial charge < -0.3 is 0 Å². The molecule has 0 spiro atoms. The quantitative estimate of drug-likeness (QED) is 0.709. The van der Waals surface area contributed by atoms with Crippen molar-refractivity contribution in [3.63, 3.8) is 0 Å². The Hall–Kier alpha value is -1.35. The molecule has 3 nitrogen and oxygen atoms in total. The summed E-state index contributed by atoms with van der Waals surface area (Å²) in [5.74, 6) is 0. The van der Waals surface area contributed by atoms with Gasteiger partial charge in [-0.15, -0.1) is 0 Å². The average Bonchev–Trinajstić information content (AvgIpc) is 2.56. The normalized spacial score (nSPS) is 10.6. The molecule has 0 aliphatic carbocycles. The van der Waals surface area contributed by atoms with Crippen LogP contribution in [0.1, 0.15) is 16.1 Å². The molecular formula is C9H7ClN2O. The number of aryl methyl sites for hydroxylation is 1.